The molecule has 3 aromatic heterocycles. The van der Waals surface area contributed by atoms with Gasteiger partial charge < -0.3 is 4.90 Å². The van der Waals surface area contributed by atoms with Crippen LogP contribution in [0, 0.1) is 17.5 Å². The fourth-order valence-electron chi connectivity index (χ4n) is 5.01. The molecule has 0 aliphatic carbocycles. The van der Waals surface area contributed by atoms with Gasteiger partial charge >= 0.3 is 0 Å². The van der Waals surface area contributed by atoms with Crippen LogP contribution in [0.25, 0.3) is 16.8 Å². The zero-order chi connectivity index (χ0) is 24.1. The molecule has 1 amide bonds. The maximum absolute atomic E-state index is 14.0. The van der Waals surface area contributed by atoms with Gasteiger partial charge in [-0.25, -0.2) is 17.7 Å². The molecular formula is C24H23F3N6O. The first kappa shape index (κ1) is 22.1. The summed E-state index contributed by atoms with van der Waals surface area (Å²) in [6.45, 7) is 3.96. The van der Waals surface area contributed by atoms with Gasteiger partial charge in [-0.2, -0.15) is 10.2 Å². The summed E-state index contributed by atoms with van der Waals surface area (Å²) in [4.78, 5) is 19.7. The van der Waals surface area contributed by atoms with Gasteiger partial charge in [-0.15, -0.1) is 0 Å². The molecule has 10 heteroatoms. The van der Waals surface area contributed by atoms with Crippen LogP contribution in [0.1, 0.15) is 54.3 Å². The van der Waals surface area contributed by atoms with E-state index >= 15 is 0 Å². The molecule has 7 nitrogen and oxygen atoms in total. The number of amides is 1. The summed E-state index contributed by atoms with van der Waals surface area (Å²) in [5.41, 5.74) is 3.30. The fraction of sp³-hybridized carbons (Fsp3) is 0.333. The lowest BCUT2D eigenvalue weighted by Crippen LogP contribution is -2.47. The summed E-state index contributed by atoms with van der Waals surface area (Å²) in [6.07, 6.45) is 8.14. The lowest BCUT2D eigenvalue weighted by atomic mass is 9.87. The topological polar surface area (TPSA) is 68.3 Å². The Balaban J connectivity index is 1.63. The highest BCUT2D eigenvalue weighted by molar-refractivity contribution is 6.01. The van der Waals surface area contributed by atoms with Gasteiger partial charge in [-0.1, -0.05) is 13.8 Å². The highest BCUT2D eigenvalue weighted by Crippen LogP contribution is 2.41. The summed E-state index contributed by atoms with van der Waals surface area (Å²) < 4.78 is 44.8. The summed E-state index contributed by atoms with van der Waals surface area (Å²) in [5, 5.41) is 8.93. The number of halogens is 3. The third kappa shape index (κ3) is 3.27. The highest BCUT2D eigenvalue weighted by Gasteiger charge is 2.40. The van der Waals surface area contributed by atoms with Crippen LogP contribution in [0.4, 0.5) is 13.2 Å². The first-order valence-corrected chi connectivity index (χ1v) is 11.2. The molecule has 1 aromatic carbocycles. The number of hydrogen-bond donors (Lipinski definition) is 0. The van der Waals surface area contributed by atoms with Crippen LogP contribution in [0.5, 0.6) is 0 Å². The monoisotopic (exact) mass is 468 g/mol. The average Bonchev–Trinajstić information content (AvgIpc) is 3.40. The van der Waals surface area contributed by atoms with Crippen molar-refractivity contribution in [3.05, 3.63) is 71.2 Å². The molecule has 0 N–H and O–H groups in total. The van der Waals surface area contributed by atoms with E-state index in [0.29, 0.717) is 41.7 Å². The number of nitrogens with zero attached hydrogens (tertiary/aromatic N) is 6. The van der Waals surface area contributed by atoms with E-state index in [9.17, 15) is 18.0 Å². The minimum Gasteiger partial charge on any atom is -0.327 e. The molecule has 0 fully saturated rings. The van der Waals surface area contributed by atoms with Crippen molar-refractivity contribution in [1.29, 1.82) is 0 Å². The molecule has 0 saturated heterocycles. The third-order valence-corrected chi connectivity index (χ3v) is 6.57. The maximum Gasteiger partial charge on any atom is 0.258 e. The Morgan fingerprint density at radius 1 is 1.12 bits per heavy atom. The molecule has 0 spiro atoms. The second-order valence-electron chi connectivity index (χ2n) is 8.46. The Hall–Kier alpha value is -3.69. The number of rotatable bonds is 4. The molecule has 5 rings (SSSR count). The van der Waals surface area contributed by atoms with Crippen LogP contribution < -0.4 is 0 Å². The molecule has 2 atom stereocenters. The van der Waals surface area contributed by atoms with Gasteiger partial charge in [-0.3, -0.25) is 14.5 Å². The van der Waals surface area contributed by atoms with Gasteiger partial charge in [0.1, 0.15) is 0 Å². The van der Waals surface area contributed by atoms with Gasteiger partial charge in [0.05, 0.1) is 40.9 Å². The van der Waals surface area contributed by atoms with Crippen molar-refractivity contribution < 1.29 is 18.0 Å². The van der Waals surface area contributed by atoms with E-state index in [1.807, 2.05) is 18.7 Å². The lowest BCUT2D eigenvalue weighted by molar-refractivity contribution is 0.0515. The summed E-state index contributed by atoms with van der Waals surface area (Å²) in [6, 6.07) is 1.46. The molecule has 0 radical (unpaired) electrons. The number of fused-ring (bicyclic) bond motifs is 2. The fourth-order valence-corrected chi connectivity index (χ4v) is 5.01. The first-order valence-electron chi connectivity index (χ1n) is 11.2. The van der Waals surface area contributed by atoms with Crippen molar-refractivity contribution in [2.45, 2.75) is 45.2 Å². The van der Waals surface area contributed by atoms with Gasteiger partial charge in [0.2, 0.25) is 0 Å². The highest BCUT2D eigenvalue weighted by atomic mass is 19.2. The van der Waals surface area contributed by atoms with E-state index in [0.717, 1.165) is 17.7 Å². The van der Waals surface area contributed by atoms with Crippen molar-refractivity contribution in [3.63, 3.8) is 0 Å². The van der Waals surface area contributed by atoms with Crippen molar-refractivity contribution in [2.75, 3.05) is 0 Å². The van der Waals surface area contributed by atoms with Crippen LogP contribution in [-0.4, -0.2) is 41.2 Å². The molecular weight excluding hydrogens is 445 g/mol. The molecule has 0 bridgehead atoms. The quantitative estimate of drug-likeness (QED) is 0.415. The molecule has 34 heavy (non-hydrogen) atoms. The van der Waals surface area contributed by atoms with Crippen molar-refractivity contribution in [3.8, 4) is 11.3 Å². The predicted molar refractivity (Wildman–Crippen MR) is 118 cm³/mol. The third-order valence-electron chi connectivity index (χ3n) is 6.57. The van der Waals surface area contributed by atoms with E-state index in [1.54, 1.807) is 41.0 Å². The smallest absolute Gasteiger partial charge is 0.258 e. The lowest BCUT2D eigenvalue weighted by Gasteiger charge is -2.41. The van der Waals surface area contributed by atoms with Gasteiger partial charge in [0.25, 0.3) is 5.91 Å². The number of carbonyl (C=O) groups is 1. The normalized spacial score (nSPS) is 17.9. The van der Waals surface area contributed by atoms with E-state index in [1.165, 1.54) is 0 Å². The number of hydrogen-bond acceptors (Lipinski definition) is 4. The predicted octanol–water partition coefficient (Wildman–Crippen LogP) is 4.48. The standard InChI is InChI=1S/C24H23F3N6O/c1-4-14-10-15-22(30-31(3)23(15)13-8-17(25)21(27)18(26)9-13)19(5-2)33(14)24(34)16-11-29-32-7-6-28-12-20(16)32/h6-9,11-12,14,19H,4-5,10H2,1-3H3. The van der Waals surface area contributed by atoms with Crippen LogP contribution in [0.2, 0.25) is 0 Å². The number of aromatic nitrogens is 5. The molecule has 4 heterocycles. The van der Waals surface area contributed by atoms with Gasteiger partial charge in [0, 0.05) is 36.6 Å². The molecule has 4 aromatic rings. The molecule has 2 unspecified atom stereocenters. The summed E-state index contributed by atoms with van der Waals surface area (Å²) >= 11 is 0. The number of aryl methyl sites for hydroxylation is 1. The number of benzene rings is 1. The van der Waals surface area contributed by atoms with Crippen molar-refractivity contribution in [1.82, 2.24) is 29.3 Å². The Bertz CT molecular complexity index is 1390. The average molecular weight is 468 g/mol. The first-order chi connectivity index (χ1) is 16.3. The second kappa shape index (κ2) is 8.27. The molecule has 176 valence electrons. The maximum atomic E-state index is 14.0. The van der Waals surface area contributed by atoms with Crippen LogP contribution in [0.15, 0.2) is 36.9 Å². The number of carbonyl (C=O) groups excluding carboxylic acids is 1. The van der Waals surface area contributed by atoms with Gasteiger partial charge in [0.15, 0.2) is 17.5 Å². The second-order valence-corrected chi connectivity index (χ2v) is 8.46. The Morgan fingerprint density at radius 3 is 2.53 bits per heavy atom. The molecule has 1 aliphatic heterocycles. The zero-order valence-electron chi connectivity index (χ0n) is 19.0. The zero-order valence-corrected chi connectivity index (χ0v) is 19.0. The Morgan fingerprint density at radius 2 is 1.85 bits per heavy atom. The summed E-state index contributed by atoms with van der Waals surface area (Å²) in [7, 11) is 1.68. The van der Waals surface area contributed by atoms with Crippen LogP contribution >= 0.6 is 0 Å². The SMILES string of the molecule is CCC1Cc2c(nn(C)c2-c2cc(F)c(F)c(F)c2)C(CC)N1C(=O)c1cnn2ccncc12. The molecule has 0 saturated carbocycles. The van der Waals surface area contributed by atoms with E-state index < -0.39 is 17.5 Å². The Kier molecular flexibility index (Phi) is 5.38. The minimum absolute atomic E-state index is 0.168. The van der Waals surface area contributed by atoms with Crippen LogP contribution in [-0.2, 0) is 13.5 Å². The Labute approximate surface area is 193 Å². The van der Waals surface area contributed by atoms with Gasteiger partial charge in [-0.05, 0) is 31.4 Å². The van der Waals surface area contributed by atoms with Crippen LogP contribution in [0.3, 0.4) is 0 Å². The minimum atomic E-state index is -1.50. The summed E-state index contributed by atoms with van der Waals surface area (Å²) in [5.74, 6) is -4.17. The largest absolute Gasteiger partial charge is 0.327 e. The van der Waals surface area contributed by atoms with Crippen molar-refractivity contribution >= 4 is 11.4 Å². The van der Waals surface area contributed by atoms with E-state index in [2.05, 4.69) is 15.2 Å². The van der Waals surface area contributed by atoms with Crippen molar-refractivity contribution in [2.24, 2.45) is 7.05 Å². The van der Waals surface area contributed by atoms with E-state index in [-0.39, 0.29) is 23.6 Å². The molecule has 1 aliphatic rings. The van der Waals surface area contributed by atoms with E-state index in [4.69, 9.17) is 0 Å².